The number of nitrogens with zero attached hydrogens (tertiary/aromatic N) is 2. The molecule has 2 fully saturated rings. The molecule has 3 amide bonds. The van der Waals surface area contributed by atoms with Gasteiger partial charge < -0.3 is 5.32 Å². The molecule has 140 valence electrons. The van der Waals surface area contributed by atoms with Crippen molar-refractivity contribution in [3.05, 3.63) is 36.0 Å². The van der Waals surface area contributed by atoms with Crippen LogP contribution in [0.2, 0.25) is 0 Å². The van der Waals surface area contributed by atoms with Crippen LogP contribution < -0.4 is 5.32 Å². The molecule has 0 radical (unpaired) electrons. The van der Waals surface area contributed by atoms with Crippen LogP contribution in [0.25, 0.3) is 10.9 Å². The first-order valence-corrected chi connectivity index (χ1v) is 9.51. The maximum Gasteiger partial charge on any atom is 0.247 e. The third-order valence-corrected chi connectivity index (χ3v) is 5.87. The van der Waals surface area contributed by atoms with Crippen molar-refractivity contribution >= 4 is 34.3 Å². The Labute approximate surface area is 157 Å². The zero-order chi connectivity index (χ0) is 19.1. The summed E-state index contributed by atoms with van der Waals surface area (Å²) in [4.78, 5) is 43.8. The molecule has 2 aliphatic rings. The van der Waals surface area contributed by atoms with Gasteiger partial charge >= 0.3 is 0 Å². The average molecular weight is 365 g/mol. The number of pyridine rings is 1. The fourth-order valence-corrected chi connectivity index (χ4v) is 4.35. The van der Waals surface area contributed by atoms with Crippen molar-refractivity contribution in [2.75, 3.05) is 5.32 Å². The lowest BCUT2D eigenvalue weighted by molar-refractivity contribution is -0.146. The fourth-order valence-electron chi connectivity index (χ4n) is 4.35. The van der Waals surface area contributed by atoms with E-state index in [-0.39, 0.29) is 29.6 Å². The number of aromatic nitrogens is 1. The highest BCUT2D eigenvalue weighted by molar-refractivity contribution is 6.11. The molecule has 1 N–H and O–H groups in total. The smallest absolute Gasteiger partial charge is 0.247 e. The average Bonchev–Trinajstić information content (AvgIpc) is 2.94. The molecular formula is C21H23N3O3. The maximum atomic E-state index is 12.8. The summed E-state index contributed by atoms with van der Waals surface area (Å²) < 4.78 is 0. The summed E-state index contributed by atoms with van der Waals surface area (Å²) in [6.07, 6.45) is 5.14. The van der Waals surface area contributed by atoms with Crippen molar-refractivity contribution in [2.24, 2.45) is 11.8 Å². The van der Waals surface area contributed by atoms with E-state index in [4.69, 9.17) is 0 Å². The number of carbonyl (C=O) groups excluding carboxylic acids is 3. The van der Waals surface area contributed by atoms with Gasteiger partial charge in [-0.1, -0.05) is 18.9 Å². The van der Waals surface area contributed by atoms with Crippen LogP contribution in [0.5, 0.6) is 0 Å². The van der Waals surface area contributed by atoms with Crippen molar-refractivity contribution in [3.63, 3.8) is 0 Å². The summed E-state index contributed by atoms with van der Waals surface area (Å²) in [5.74, 6) is -1.23. The first-order chi connectivity index (χ1) is 13.0. The molecule has 1 aliphatic heterocycles. The quantitative estimate of drug-likeness (QED) is 0.848. The summed E-state index contributed by atoms with van der Waals surface area (Å²) >= 11 is 0. The van der Waals surface area contributed by atoms with Gasteiger partial charge in [-0.2, -0.15) is 0 Å². The van der Waals surface area contributed by atoms with E-state index in [2.05, 4.69) is 10.3 Å². The van der Waals surface area contributed by atoms with Crippen molar-refractivity contribution < 1.29 is 14.4 Å². The van der Waals surface area contributed by atoms with E-state index in [0.29, 0.717) is 5.69 Å². The number of imide groups is 1. The third kappa shape index (κ3) is 2.89. The Morgan fingerprint density at radius 3 is 2.48 bits per heavy atom. The van der Waals surface area contributed by atoms with Crippen LogP contribution in [0.3, 0.4) is 0 Å². The molecule has 1 saturated heterocycles. The number of aryl methyl sites for hydroxylation is 1. The molecule has 6 nitrogen and oxygen atoms in total. The summed E-state index contributed by atoms with van der Waals surface area (Å²) in [5, 5.41) is 3.72. The predicted octanol–water partition coefficient (Wildman–Crippen LogP) is 3.05. The van der Waals surface area contributed by atoms with Crippen LogP contribution in [0.15, 0.2) is 30.5 Å². The number of likely N-dealkylation sites (tertiary alicyclic amines) is 1. The number of nitrogens with one attached hydrogen (secondary N) is 1. The van der Waals surface area contributed by atoms with E-state index in [0.717, 1.165) is 42.1 Å². The largest absolute Gasteiger partial charge is 0.324 e. The minimum Gasteiger partial charge on any atom is -0.324 e. The van der Waals surface area contributed by atoms with E-state index in [1.54, 1.807) is 13.1 Å². The number of carbonyl (C=O) groups is 3. The lowest BCUT2D eigenvalue weighted by Crippen LogP contribution is -2.46. The molecule has 0 unspecified atom stereocenters. The fraction of sp³-hybridized carbons (Fsp3) is 0.429. The normalized spacial score (nSPS) is 23.4. The van der Waals surface area contributed by atoms with Crippen molar-refractivity contribution in [3.8, 4) is 0 Å². The number of hydrogen-bond acceptors (Lipinski definition) is 4. The highest BCUT2D eigenvalue weighted by atomic mass is 16.2. The zero-order valence-electron chi connectivity index (χ0n) is 15.6. The Kier molecular flexibility index (Phi) is 4.42. The molecule has 3 atom stereocenters. The van der Waals surface area contributed by atoms with Gasteiger partial charge in [0.15, 0.2) is 0 Å². The van der Waals surface area contributed by atoms with Gasteiger partial charge in [0.1, 0.15) is 6.04 Å². The van der Waals surface area contributed by atoms with Gasteiger partial charge in [-0.05, 0) is 50.5 Å². The van der Waals surface area contributed by atoms with E-state index in [1.807, 2.05) is 31.2 Å². The van der Waals surface area contributed by atoms with Gasteiger partial charge in [0, 0.05) is 11.6 Å². The van der Waals surface area contributed by atoms with Crippen LogP contribution in [-0.2, 0) is 14.4 Å². The lowest BCUT2D eigenvalue weighted by atomic mass is 9.81. The van der Waals surface area contributed by atoms with Gasteiger partial charge in [-0.3, -0.25) is 24.3 Å². The maximum absolute atomic E-state index is 12.8. The number of rotatable bonds is 3. The summed E-state index contributed by atoms with van der Waals surface area (Å²) in [7, 11) is 0. The summed E-state index contributed by atoms with van der Waals surface area (Å²) in [6.45, 7) is 3.59. The highest BCUT2D eigenvalue weighted by Gasteiger charge is 2.50. The number of fused-ring (bicyclic) bond motifs is 2. The van der Waals surface area contributed by atoms with E-state index >= 15 is 0 Å². The first-order valence-electron chi connectivity index (χ1n) is 9.51. The number of benzene rings is 1. The van der Waals surface area contributed by atoms with Crippen molar-refractivity contribution in [1.82, 2.24) is 9.88 Å². The second-order valence-corrected chi connectivity index (χ2v) is 7.54. The topological polar surface area (TPSA) is 79.4 Å². The molecule has 2 heterocycles. The van der Waals surface area contributed by atoms with E-state index < -0.39 is 6.04 Å². The van der Waals surface area contributed by atoms with Gasteiger partial charge in [-0.15, -0.1) is 0 Å². The van der Waals surface area contributed by atoms with Crippen LogP contribution in [0, 0.1) is 18.8 Å². The molecule has 2 aromatic rings. The van der Waals surface area contributed by atoms with Gasteiger partial charge in [-0.25, -0.2) is 0 Å². The van der Waals surface area contributed by atoms with Crippen LogP contribution >= 0.6 is 0 Å². The molecule has 6 heteroatoms. The standard InChI is InChI=1S/C21H23N3O3/c1-12-9-10-17(16-8-5-11-22-18(12)16)23-19(25)13(2)24-20(26)14-6-3-4-7-15(14)21(24)27/h5,8-11,13-15H,3-4,6-7H2,1-2H3,(H,23,25)/t13-,14+,15+/m0/s1. The Morgan fingerprint density at radius 1 is 1.15 bits per heavy atom. The zero-order valence-corrected chi connectivity index (χ0v) is 15.6. The monoisotopic (exact) mass is 365 g/mol. The number of hydrogen-bond donors (Lipinski definition) is 1. The number of anilines is 1. The minimum absolute atomic E-state index is 0.192. The Bertz CT molecular complexity index is 915. The van der Waals surface area contributed by atoms with E-state index in [1.165, 1.54) is 4.90 Å². The SMILES string of the molecule is Cc1ccc(NC(=O)[C@H](C)N2C(=O)[C@@H]3CCCC[C@H]3C2=O)c2cccnc12. The van der Waals surface area contributed by atoms with Crippen LogP contribution in [0.1, 0.15) is 38.2 Å². The highest BCUT2D eigenvalue weighted by Crippen LogP contribution is 2.39. The molecular weight excluding hydrogens is 342 g/mol. The number of amides is 3. The van der Waals surface area contributed by atoms with Gasteiger partial charge in [0.05, 0.1) is 23.0 Å². The van der Waals surface area contributed by atoms with Crippen molar-refractivity contribution in [2.45, 2.75) is 45.6 Å². The summed E-state index contributed by atoms with van der Waals surface area (Å²) in [6, 6.07) is 6.62. The molecule has 4 rings (SSSR count). The second-order valence-electron chi connectivity index (χ2n) is 7.54. The Morgan fingerprint density at radius 2 is 1.81 bits per heavy atom. The molecule has 1 aromatic carbocycles. The summed E-state index contributed by atoms with van der Waals surface area (Å²) in [5.41, 5.74) is 2.48. The minimum atomic E-state index is -0.830. The molecule has 1 saturated carbocycles. The van der Waals surface area contributed by atoms with Gasteiger partial charge in [0.2, 0.25) is 17.7 Å². The first kappa shape index (κ1) is 17.6. The Hall–Kier alpha value is -2.76. The predicted molar refractivity (Wildman–Crippen MR) is 102 cm³/mol. The molecule has 1 aliphatic carbocycles. The lowest BCUT2D eigenvalue weighted by Gasteiger charge is -2.22. The van der Waals surface area contributed by atoms with Crippen molar-refractivity contribution in [1.29, 1.82) is 0 Å². The molecule has 0 spiro atoms. The third-order valence-electron chi connectivity index (χ3n) is 5.87. The van der Waals surface area contributed by atoms with Crippen LogP contribution in [0.4, 0.5) is 5.69 Å². The Balaban J connectivity index is 1.58. The van der Waals surface area contributed by atoms with Crippen LogP contribution in [-0.4, -0.2) is 33.6 Å². The molecule has 0 bridgehead atoms. The second kappa shape index (κ2) is 6.76. The molecule has 1 aromatic heterocycles. The van der Waals surface area contributed by atoms with Gasteiger partial charge in [0.25, 0.3) is 0 Å². The van der Waals surface area contributed by atoms with E-state index in [9.17, 15) is 14.4 Å². The molecule has 27 heavy (non-hydrogen) atoms.